The minimum atomic E-state index is -0.355. The predicted molar refractivity (Wildman–Crippen MR) is 96.4 cm³/mol. The number of hydrogen-bond donors (Lipinski definition) is 0. The van der Waals surface area contributed by atoms with Crippen LogP contribution in [0.1, 0.15) is 18.1 Å². The molecule has 0 N–H and O–H groups in total. The molecular weight excluding hydrogens is 302 g/mol. The first-order valence-electron chi connectivity index (χ1n) is 8.45. The van der Waals surface area contributed by atoms with E-state index in [2.05, 4.69) is 41.0 Å². The van der Waals surface area contributed by atoms with Gasteiger partial charge in [0.15, 0.2) is 0 Å². The molecule has 2 aromatic rings. The molecule has 0 unspecified atom stereocenters. The third-order valence-corrected chi connectivity index (χ3v) is 4.64. The first kappa shape index (κ1) is 16.5. The third kappa shape index (κ3) is 3.92. The SMILES string of the molecule is CCc1ccc(N2CCN(Cc3ccc([N+](=O)[O-])cc3)CC2)cc1. The number of rotatable bonds is 5. The summed E-state index contributed by atoms with van der Waals surface area (Å²) in [7, 11) is 0. The van der Waals surface area contributed by atoms with Crippen LogP contribution in [0.15, 0.2) is 48.5 Å². The van der Waals surface area contributed by atoms with Gasteiger partial charge < -0.3 is 4.90 Å². The maximum Gasteiger partial charge on any atom is 0.269 e. The predicted octanol–water partition coefficient (Wildman–Crippen LogP) is 3.48. The highest BCUT2D eigenvalue weighted by Crippen LogP contribution is 2.19. The second-order valence-corrected chi connectivity index (χ2v) is 6.21. The van der Waals surface area contributed by atoms with Crippen LogP contribution in [-0.2, 0) is 13.0 Å². The van der Waals surface area contributed by atoms with Crippen LogP contribution < -0.4 is 4.90 Å². The van der Waals surface area contributed by atoms with Crippen molar-refractivity contribution in [3.05, 3.63) is 69.8 Å². The van der Waals surface area contributed by atoms with E-state index in [9.17, 15) is 10.1 Å². The zero-order chi connectivity index (χ0) is 16.9. The first-order valence-corrected chi connectivity index (χ1v) is 8.45. The van der Waals surface area contributed by atoms with Crippen molar-refractivity contribution >= 4 is 11.4 Å². The normalized spacial score (nSPS) is 15.5. The smallest absolute Gasteiger partial charge is 0.269 e. The minimum absolute atomic E-state index is 0.152. The van der Waals surface area contributed by atoms with Crippen molar-refractivity contribution in [3.63, 3.8) is 0 Å². The summed E-state index contributed by atoms with van der Waals surface area (Å²) < 4.78 is 0. The molecule has 1 heterocycles. The summed E-state index contributed by atoms with van der Waals surface area (Å²) >= 11 is 0. The van der Waals surface area contributed by atoms with Crippen molar-refractivity contribution in [2.45, 2.75) is 19.9 Å². The Morgan fingerprint density at radius 2 is 1.50 bits per heavy atom. The summed E-state index contributed by atoms with van der Waals surface area (Å²) in [4.78, 5) is 15.2. The topological polar surface area (TPSA) is 49.6 Å². The summed E-state index contributed by atoms with van der Waals surface area (Å²) in [5, 5.41) is 10.7. The highest BCUT2D eigenvalue weighted by atomic mass is 16.6. The number of non-ortho nitro benzene ring substituents is 1. The van der Waals surface area contributed by atoms with Gasteiger partial charge in [-0.1, -0.05) is 31.2 Å². The van der Waals surface area contributed by atoms with Gasteiger partial charge >= 0.3 is 0 Å². The number of nitro groups is 1. The fourth-order valence-corrected chi connectivity index (χ4v) is 3.09. The largest absolute Gasteiger partial charge is 0.369 e. The van der Waals surface area contributed by atoms with Crippen molar-refractivity contribution in [1.82, 2.24) is 4.90 Å². The van der Waals surface area contributed by atoms with Gasteiger partial charge in [0.1, 0.15) is 0 Å². The molecule has 2 aromatic carbocycles. The fourth-order valence-electron chi connectivity index (χ4n) is 3.09. The molecule has 126 valence electrons. The van der Waals surface area contributed by atoms with Crippen LogP contribution in [0.25, 0.3) is 0 Å². The van der Waals surface area contributed by atoms with E-state index in [1.807, 2.05) is 12.1 Å². The molecule has 5 nitrogen and oxygen atoms in total. The average molecular weight is 325 g/mol. The lowest BCUT2D eigenvalue weighted by Gasteiger charge is -2.36. The van der Waals surface area contributed by atoms with Crippen LogP contribution in [0.3, 0.4) is 0 Å². The van der Waals surface area contributed by atoms with Gasteiger partial charge in [-0.05, 0) is 29.7 Å². The fraction of sp³-hybridized carbons (Fsp3) is 0.368. The first-order chi connectivity index (χ1) is 11.7. The standard InChI is InChI=1S/C19H23N3O2/c1-2-16-3-7-18(8-4-16)21-13-11-20(12-14-21)15-17-5-9-19(10-6-17)22(23)24/h3-10H,2,11-15H2,1H3. The molecule has 0 aliphatic carbocycles. The summed E-state index contributed by atoms with van der Waals surface area (Å²) in [6.45, 7) is 7.06. The zero-order valence-corrected chi connectivity index (χ0v) is 14.0. The van der Waals surface area contributed by atoms with Gasteiger partial charge in [-0.3, -0.25) is 15.0 Å². The van der Waals surface area contributed by atoms with E-state index >= 15 is 0 Å². The van der Waals surface area contributed by atoms with E-state index in [1.165, 1.54) is 11.3 Å². The number of aryl methyl sites for hydroxylation is 1. The molecule has 24 heavy (non-hydrogen) atoms. The van der Waals surface area contributed by atoms with Crippen molar-refractivity contribution in [2.75, 3.05) is 31.1 Å². The number of piperazine rings is 1. The number of benzene rings is 2. The monoisotopic (exact) mass is 325 g/mol. The average Bonchev–Trinajstić information content (AvgIpc) is 2.63. The van der Waals surface area contributed by atoms with E-state index < -0.39 is 0 Å². The highest BCUT2D eigenvalue weighted by molar-refractivity contribution is 5.48. The Hall–Kier alpha value is -2.40. The zero-order valence-electron chi connectivity index (χ0n) is 14.0. The van der Waals surface area contributed by atoms with E-state index in [0.717, 1.165) is 44.7 Å². The van der Waals surface area contributed by atoms with Gasteiger partial charge in [-0.2, -0.15) is 0 Å². The van der Waals surface area contributed by atoms with Crippen molar-refractivity contribution < 1.29 is 4.92 Å². The lowest BCUT2D eigenvalue weighted by molar-refractivity contribution is -0.384. The lowest BCUT2D eigenvalue weighted by Crippen LogP contribution is -2.45. The maximum atomic E-state index is 10.7. The molecule has 0 bridgehead atoms. The van der Waals surface area contributed by atoms with Crippen molar-refractivity contribution in [1.29, 1.82) is 0 Å². The number of hydrogen-bond acceptors (Lipinski definition) is 4. The summed E-state index contributed by atoms with van der Waals surface area (Å²) in [5.74, 6) is 0. The summed E-state index contributed by atoms with van der Waals surface area (Å²) in [5.41, 5.74) is 3.94. The van der Waals surface area contributed by atoms with Gasteiger partial charge in [-0.15, -0.1) is 0 Å². The van der Waals surface area contributed by atoms with Crippen LogP contribution in [-0.4, -0.2) is 36.0 Å². The molecule has 3 rings (SSSR count). The second kappa shape index (κ2) is 7.45. The summed E-state index contributed by atoms with van der Waals surface area (Å²) in [6, 6.07) is 15.7. The maximum absolute atomic E-state index is 10.7. The van der Waals surface area contributed by atoms with Crippen molar-refractivity contribution in [3.8, 4) is 0 Å². The number of anilines is 1. The lowest BCUT2D eigenvalue weighted by atomic mass is 10.1. The third-order valence-electron chi connectivity index (χ3n) is 4.64. The van der Waals surface area contributed by atoms with Crippen LogP contribution in [0.5, 0.6) is 0 Å². The molecule has 0 aromatic heterocycles. The van der Waals surface area contributed by atoms with Gasteiger partial charge in [0.05, 0.1) is 4.92 Å². The van der Waals surface area contributed by atoms with Gasteiger partial charge in [0.25, 0.3) is 5.69 Å². The van der Waals surface area contributed by atoms with E-state index in [1.54, 1.807) is 12.1 Å². The Morgan fingerprint density at radius 1 is 0.917 bits per heavy atom. The number of nitrogens with zero attached hydrogens (tertiary/aromatic N) is 3. The Bertz CT molecular complexity index is 675. The molecule has 0 atom stereocenters. The number of nitro benzene ring substituents is 1. The highest BCUT2D eigenvalue weighted by Gasteiger charge is 2.17. The van der Waals surface area contributed by atoms with E-state index in [-0.39, 0.29) is 10.6 Å². The molecular formula is C19H23N3O2. The van der Waals surface area contributed by atoms with Crippen LogP contribution in [0.4, 0.5) is 11.4 Å². The molecule has 0 radical (unpaired) electrons. The van der Waals surface area contributed by atoms with Crippen LogP contribution >= 0.6 is 0 Å². The second-order valence-electron chi connectivity index (χ2n) is 6.21. The van der Waals surface area contributed by atoms with Gasteiger partial charge in [-0.25, -0.2) is 0 Å². The molecule has 0 saturated carbocycles. The molecule has 1 fully saturated rings. The van der Waals surface area contributed by atoms with Crippen LogP contribution in [0.2, 0.25) is 0 Å². The molecule has 0 spiro atoms. The Balaban J connectivity index is 1.53. The van der Waals surface area contributed by atoms with E-state index in [0.29, 0.717) is 0 Å². The van der Waals surface area contributed by atoms with E-state index in [4.69, 9.17) is 0 Å². The molecule has 1 aliphatic heterocycles. The van der Waals surface area contributed by atoms with Gasteiger partial charge in [0.2, 0.25) is 0 Å². The molecule has 1 saturated heterocycles. The Kier molecular flexibility index (Phi) is 5.11. The summed E-state index contributed by atoms with van der Waals surface area (Å²) in [6.07, 6.45) is 1.07. The minimum Gasteiger partial charge on any atom is -0.369 e. The Morgan fingerprint density at radius 3 is 2.04 bits per heavy atom. The van der Waals surface area contributed by atoms with Crippen molar-refractivity contribution in [2.24, 2.45) is 0 Å². The Labute approximate surface area is 142 Å². The molecule has 1 aliphatic rings. The molecule has 5 heteroatoms. The quantitative estimate of drug-likeness (QED) is 0.624. The van der Waals surface area contributed by atoms with Crippen LogP contribution in [0, 0.1) is 10.1 Å². The van der Waals surface area contributed by atoms with Gasteiger partial charge in [0, 0.05) is 50.5 Å². The molecule has 0 amide bonds.